The van der Waals surface area contributed by atoms with Crippen molar-refractivity contribution in [1.29, 1.82) is 0 Å². The van der Waals surface area contributed by atoms with Crippen LogP contribution < -0.4 is 14.8 Å². The number of carbonyl (C=O) groups is 1. The Hall–Kier alpha value is -3.48. The molecular formula is C21H16BrClN6O4S. The first-order valence-electron chi connectivity index (χ1n) is 9.63. The molecule has 0 unspecified atom stereocenters. The minimum atomic E-state index is -3.87. The van der Waals surface area contributed by atoms with E-state index in [1.54, 1.807) is 30.5 Å². The maximum Gasteiger partial charge on any atom is 0.276 e. The Morgan fingerprint density at radius 3 is 2.53 bits per heavy atom. The molecule has 0 aliphatic heterocycles. The maximum absolute atomic E-state index is 12.5. The van der Waals surface area contributed by atoms with Crippen molar-refractivity contribution in [1.82, 2.24) is 19.7 Å². The van der Waals surface area contributed by atoms with Crippen LogP contribution in [0.15, 0.2) is 82.6 Å². The van der Waals surface area contributed by atoms with Crippen LogP contribution >= 0.6 is 27.5 Å². The summed E-state index contributed by atoms with van der Waals surface area (Å²) in [6.07, 6.45) is 4.45. The molecule has 34 heavy (non-hydrogen) atoms. The second-order valence-electron chi connectivity index (χ2n) is 6.75. The summed E-state index contributed by atoms with van der Waals surface area (Å²) in [6.45, 7) is 0.0815. The zero-order valence-electron chi connectivity index (χ0n) is 17.2. The summed E-state index contributed by atoms with van der Waals surface area (Å²) in [5, 5.41) is 7.44. The van der Waals surface area contributed by atoms with Gasteiger partial charge in [-0.25, -0.2) is 27.8 Å². The monoisotopic (exact) mass is 562 g/mol. The first-order chi connectivity index (χ1) is 16.3. The van der Waals surface area contributed by atoms with Crippen LogP contribution in [-0.2, 0) is 16.8 Å². The fourth-order valence-electron chi connectivity index (χ4n) is 2.73. The van der Waals surface area contributed by atoms with Crippen LogP contribution in [0.5, 0.6) is 5.75 Å². The van der Waals surface area contributed by atoms with Crippen LogP contribution in [0.4, 0.5) is 11.6 Å². The molecule has 13 heteroatoms. The first kappa shape index (κ1) is 23.7. The maximum atomic E-state index is 12.5. The van der Waals surface area contributed by atoms with Crippen molar-refractivity contribution >= 4 is 55.1 Å². The van der Waals surface area contributed by atoms with E-state index < -0.39 is 15.9 Å². The van der Waals surface area contributed by atoms with Gasteiger partial charge >= 0.3 is 0 Å². The van der Waals surface area contributed by atoms with Crippen molar-refractivity contribution < 1.29 is 17.9 Å². The second kappa shape index (κ2) is 10.2. The summed E-state index contributed by atoms with van der Waals surface area (Å²) in [7, 11) is -3.87. The molecule has 0 spiro atoms. The van der Waals surface area contributed by atoms with Gasteiger partial charge in [0, 0.05) is 29.3 Å². The molecule has 2 heterocycles. The predicted molar refractivity (Wildman–Crippen MR) is 129 cm³/mol. The number of hydrogen-bond acceptors (Lipinski definition) is 7. The third-order valence-electron chi connectivity index (χ3n) is 4.33. The fraction of sp³-hybridized carbons (Fsp3) is 0.0476. The van der Waals surface area contributed by atoms with Crippen molar-refractivity contribution in [3.63, 3.8) is 0 Å². The van der Waals surface area contributed by atoms with Crippen LogP contribution in [-0.4, -0.2) is 34.1 Å². The van der Waals surface area contributed by atoms with Crippen LogP contribution in [0, 0.1) is 0 Å². The zero-order valence-corrected chi connectivity index (χ0v) is 20.4. The number of carbonyl (C=O) groups excluding carboxylic acids is 1. The Morgan fingerprint density at radius 1 is 1.09 bits per heavy atom. The first-order valence-corrected chi connectivity index (χ1v) is 12.3. The van der Waals surface area contributed by atoms with Crippen LogP contribution in [0.1, 0.15) is 10.5 Å². The predicted octanol–water partition coefficient (Wildman–Crippen LogP) is 4.18. The lowest BCUT2D eigenvalue weighted by Crippen LogP contribution is -2.16. The number of amides is 1. The minimum Gasteiger partial charge on any atom is -0.470 e. The summed E-state index contributed by atoms with van der Waals surface area (Å²) < 4.78 is 35.0. The molecule has 0 aliphatic rings. The van der Waals surface area contributed by atoms with Crippen molar-refractivity contribution in [2.24, 2.45) is 0 Å². The van der Waals surface area contributed by atoms with Crippen molar-refractivity contribution in [3.8, 4) is 5.75 Å². The van der Waals surface area contributed by atoms with Gasteiger partial charge in [-0.05, 0) is 70.5 Å². The summed E-state index contributed by atoms with van der Waals surface area (Å²) >= 11 is 9.29. The van der Waals surface area contributed by atoms with E-state index >= 15 is 0 Å². The molecule has 0 aliphatic carbocycles. The molecule has 2 aromatic carbocycles. The van der Waals surface area contributed by atoms with E-state index in [1.165, 1.54) is 47.4 Å². The smallest absolute Gasteiger partial charge is 0.276 e. The lowest BCUT2D eigenvalue weighted by atomic mass is 10.3. The molecule has 0 saturated carbocycles. The van der Waals surface area contributed by atoms with E-state index in [0.29, 0.717) is 20.9 Å². The van der Waals surface area contributed by atoms with E-state index in [9.17, 15) is 13.2 Å². The number of rotatable bonds is 8. The topological polar surface area (TPSA) is 128 Å². The van der Waals surface area contributed by atoms with Crippen molar-refractivity contribution in [2.75, 3.05) is 10.0 Å². The van der Waals surface area contributed by atoms with Gasteiger partial charge in [-0.3, -0.25) is 4.79 Å². The van der Waals surface area contributed by atoms with Crippen LogP contribution in [0.3, 0.4) is 0 Å². The molecule has 0 saturated heterocycles. The van der Waals surface area contributed by atoms with E-state index in [0.717, 1.165) is 0 Å². The zero-order chi connectivity index (χ0) is 24.1. The molecule has 2 aromatic heterocycles. The van der Waals surface area contributed by atoms with E-state index in [1.807, 2.05) is 0 Å². The molecule has 2 N–H and O–H groups in total. The van der Waals surface area contributed by atoms with Gasteiger partial charge < -0.3 is 10.1 Å². The highest BCUT2D eigenvalue weighted by Gasteiger charge is 2.16. The van der Waals surface area contributed by atoms with Crippen molar-refractivity contribution in [3.05, 3.63) is 88.4 Å². The highest BCUT2D eigenvalue weighted by Crippen LogP contribution is 2.28. The third-order valence-corrected chi connectivity index (χ3v) is 6.53. The minimum absolute atomic E-state index is 0.00672. The fourth-order valence-corrected chi connectivity index (χ4v) is 4.48. The largest absolute Gasteiger partial charge is 0.470 e. The van der Waals surface area contributed by atoms with Gasteiger partial charge in [0.05, 0.1) is 9.37 Å². The molecule has 0 radical (unpaired) electrons. The number of benzene rings is 2. The third kappa shape index (κ3) is 5.90. The Balaban J connectivity index is 1.36. The molecule has 1 amide bonds. The average Bonchev–Trinajstić information content (AvgIpc) is 3.29. The lowest BCUT2D eigenvalue weighted by molar-refractivity contribution is 0.102. The van der Waals surface area contributed by atoms with Gasteiger partial charge in [-0.2, -0.15) is 5.10 Å². The Bertz CT molecular complexity index is 1410. The number of anilines is 2. The molecule has 0 fully saturated rings. The van der Waals surface area contributed by atoms with Crippen LogP contribution in [0.25, 0.3) is 0 Å². The summed E-state index contributed by atoms with van der Waals surface area (Å²) in [5.41, 5.74) is 0.564. The highest BCUT2D eigenvalue weighted by atomic mass is 79.9. The van der Waals surface area contributed by atoms with Gasteiger partial charge in [-0.1, -0.05) is 11.6 Å². The van der Waals surface area contributed by atoms with Gasteiger partial charge in [0.2, 0.25) is 5.95 Å². The van der Waals surface area contributed by atoms with Gasteiger partial charge in [0.15, 0.2) is 12.4 Å². The highest BCUT2D eigenvalue weighted by molar-refractivity contribution is 9.10. The standard InChI is InChI=1S/C21H16BrClN6O4S/c22-17-12-14(23)2-7-19(17)33-13-29-11-8-18(27-29)20(30)26-15-3-5-16(6-4-15)34(31,32)28-21-24-9-1-10-25-21/h1-12H,13H2,(H,26,30)(H,24,25,28). The Morgan fingerprint density at radius 2 is 1.82 bits per heavy atom. The van der Waals surface area contributed by atoms with Gasteiger partial charge in [-0.15, -0.1) is 0 Å². The number of halogens is 2. The quantitative estimate of drug-likeness (QED) is 0.329. The SMILES string of the molecule is O=C(Nc1ccc(S(=O)(=O)Nc2ncccn2)cc1)c1ccn(COc2ccc(Cl)cc2Br)n1. The number of nitrogens with zero attached hydrogens (tertiary/aromatic N) is 4. The summed E-state index contributed by atoms with van der Waals surface area (Å²) in [6, 6.07) is 13.9. The molecule has 4 rings (SSSR count). The van der Waals surface area contributed by atoms with Gasteiger partial charge in [0.1, 0.15) is 5.75 Å². The normalized spacial score (nSPS) is 11.1. The van der Waals surface area contributed by atoms with Crippen molar-refractivity contribution in [2.45, 2.75) is 11.6 Å². The molecule has 0 bridgehead atoms. The second-order valence-corrected chi connectivity index (χ2v) is 9.72. The number of aromatic nitrogens is 4. The molecule has 174 valence electrons. The van der Waals surface area contributed by atoms with Crippen LogP contribution in [0.2, 0.25) is 5.02 Å². The Kier molecular flexibility index (Phi) is 7.10. The molecule has 0 atom stereocenters. The number of nitrogens with one attached hydrogen (secondary N) is 2. The van der Waals surface area contributed by atoms with E-state index in [2.05, 4.69) is 41.0 Å². The molecular weight excluding hydrogens is 548 g/mol. The van der Waals surface area contributed by atoms with E-state index in [-0.39, 0.29) is 23.3 Å². The Labute approximate surface area is 208 Å². The molecule has 4 aromatic rings. The summed E-state index contributed by atoms with van der Waals surface area (Å²) in [5.74, 6) is 0.0787. The van der Waals surface area contributed by atoms with Gasteiger partial charge in [0.25, 0.3) is 15.9 Å². The number of ether oxygens (including phenoxy) is 1. The average molecular weight is 564 g/mol. The number of sulfonamides is 1. The van der Waals surface area contributed by atoms with E-state index in [4.69, 9.17) is 16.3 Å². The molecule has 10 nitrogen and oxygen atoms in total. The summed E-state index contributed by atoms with van der Waals surface area (Å²) in [4.78, 5) is 20.2. The lowest BCUT2D eigenvalue weighted by Gasteiger charge is -2.09. The number of hydrogen-bond donors (Lipinski definition) is 2.